The van der Waals surface area contributed by atoms with Crippen LogP contribution in [0.4, 0.5) is 8.78 Å². The van der Waals surface area contributed by atoms with Gasteiger partial charge in [0.2, 0.25) is 5.91 Å². The van der Waals surface area contributed by atoms with E-state index in [1.165, 1.54) is 6.07 Å². The minimum atomic E-state index is -0.763. The molecule has 1 saturated carbocycles. The summed E-state index contributed by atoms with van der Waals surface area (Å²) in [5.74, 6) is -0.937. The summed E-state index contributed by atoms with van der Waals surface area (Å²) >= 11 is 0. The van der Waals surface area contributed by atoms with Gasteiger partial charge < -0.3 is 15.0 Å². The molecule has 3 fully saturated rings. The second-order valence-corrected chi connectivity index (χ2v) is 9.68. The lowest BCUT2D eigenvalue weighted by molar-refractivity contribution is -0.126. The molecule has 1 aromatic carbocycles. The summed E-state index contributed by atoms with van der Waals surface area (Å²) in [6.07, 6.45) is 7.80. The molecule has 1 amide bonds. The van der Waals surface area contributed by atoms with Gasteiger partial charge in [0, 0.05) is 24.6 Å². The van der Waals surface area contributed by atoms with Gasteiger partial charge >= 0.3 is 0 Å². The average molecular weight is 449 g/mol. The van der Waals surface area contributed by atoms with Crippen LogP contribution in [0.25, 0.3) is 0 Å². The van der Waals surface area contributed by atoms with E-state index < -0.39 is 11.6 Å². The van der Waals surface area contributed by atoms with Gasteiger partial charge in [0.1, 0.15) is 11.6 Å². The number of amides is 1. The van der Waals surface area contributed by atoms with Gasteiger partial charge in [0.25, 0.3) is 0 Å². The third-order valence-corrected chi connectivity index (χ3v) is 7.50. The minimum absolute atomic E-state index is 0.00848. The Morgan fingerprint density at radius 3 is 2.41 bits per heavy atom. The van der Waals surface area contributed by atoms with Crippen LogP contribution in [0.5, 0.6) is 0 Å². The third-order valence-electron chi connectivity index (χ3n) is 7.50. The Bertz CT molecular complexity index is 796. The van der Waals surface area contributed by atoms with Gasteiger partial charge in [-0.3, -0.25) is 9.59 Å². The number of rotatable bonds is 7. The van der Waals surface area contributed by atoms with Crippen LogP contribution in [-0.4, -0.2) is 55.5 Å². The zero-order valence-electron chi connectivity index (χ0n) is 18.7. The lowest BCUT2D eigenvalue weighted by atomic mass is 9.83. The highest BCUT2D eigenvalue weighted by Gasteiger charge is 2.30. The fourth-order valence-corrected chi connectivity index (χ4v) is 5.35. The molecule has 0 aromatic heterocycles. The van der Waals surface area contributed by atoms with Gasteiger partial charge in [-0.1, -0.05) is 0 Å². The fourth-order valence-electron chi connectivity index (χ4n) is 5.35. The van der Waals surface area contributed by atoms with E-state index in [1.807, 2.05) is 0 Å². The maximum atomic E-state index is 13.9. The van der Waals surface area contributed by atoms with E-state index in [4.69, 9.17) is 4.74 Å². The first-order chi connectivity index (χ1) is 15.5. The van der Waals surface area contributed by atoms with Crippen molar-refractivity contribution in [3.05, 3.63) is 35.4 Å². The largest absolute Gasteiger partial charge is 0.381 e. The van der Waals surface area contributed by atoms with E-state index in [9.17, 15) is 18.4 Å². The van der Waals surface area contributed by atoms with Crippen LogP contribution < -0.4 is 5.32 Å². The Morgan fingerprint density at radius 1 is 1.00 bits per heavy atom. The van der Waals surface area contributed by atoms with Crippen molar-refractivity contribution in [2.45, 2.75) is 57.4 Å². The number of ketones is 1. The van der Waals surface area contributed by atoms with Gasteiger partial charge in [0.05, 0.1) is 18.1 Å². The van der Waals surface area contributed by atoms with Crippen LogP contribution in [-0.2, 0) is 9.53 Å². The molecule has 0 unspecified atom stereocenters. The Hall–Kier alpha value is -1.86. The highest BCUT2D eigenvalue weighted by Crippen LogP contribution is 2.29. The summed E-state index contributed by atoms with van der Waals surface area (Å²) in [6.45, 7) is 3.96. The second kappa shape index (κ2) is 10.8. The van der Waals surface area contributed by atoms with E-state index in [1.54, 1.807) is 0 Å². The Labute approximate surface area is 188 Å². The molecular weight excluding hydrogens is 414 g/mol. The van der Waals surface area contributed by atoms with Crippen molar-refractivity contribution in [1.29, 1.82) is 0 Å². The molecule has 0 radical (unpaired) electrons. The van der Waals surface area contributed by atoms with E-state index >= 15 is 0 Å². The molecule has 32 heavy (non-hydrogen) atoms. The van der Waals surface area contributed by atoms with Crippen molar-refractivity contribution >= 4 is 11.7 Å². The average Bonchev–Trinajstić information content (AvgIpc) is 3.34. The summed E-state index contributed by atoms with van der Waals surface area (Å²) in [4.78, 5) is 27.3. The van der Waals surface area contributed by atoms with Crippen LogP contribution in [0.2, 0.25) is 0 Å². The number of likely N-dealkylation sites (tertiary alicyclic amines) is 1. The summed E-state index contributed by atoms with van der Waals surface area (Å²) in [7, 11) is 0. The number of benzene rings is 1. The molecule has 0 spiro atoms. The molecule has 4 rings (SSSR count). The third kappa shape index (κ3) is 5.93. The normalized spacial score (nSPS) is 27.4. The predicted molar refractivity (Wildman–Crippen MR) is 117 cm³/mol. The number of halogens is 2. The molecule has 176 valence electrons. The predicted octanol–water partition coefficient (Wildman–Crippen LogP) is 3.96. The van der Waals surface area contributed by atoms with Crippen LogP contribution in [0.1, 0.15) is 61.7 Å². The van der Waals surface area contributed by atoms with Crippen molar-refractivity contribution < 1.29 is 23.1 Å². The van der Waals surface area contributed by atoms with Crippen molar-refractivity contribution in [1.82, 2.24) is 10.2 Å². The first kappa shape index (κ1) is 23.3. The SMILES string of the molecule is O=C(c1ccc(F)cc1F)C1CCN(CCC2CCC(NC(=O)[C@H]3CCOC3)CC2)CC1. The number of carbonyl (C=O) groups excluding carboxylic acids is 2. The lowest BCUT2D eigenvalue weighted by Gasteiger charge is -2.34. The van der Waals surface area contributed by atoms with Gasteiger partial charge in [-0.05, 0) is 89.1 Å². The number of ether oxygens (including phenoxy) is 1. The molecule has 1 atom stereocenters. The van der Waals surface area contributed by atoms with Crippen LogP contribution in [0, 0.1) is 29.4 Å². The van der Waals surface area contributed by atoms with Crippen molar-refractivity contribution in [2.24, 2.45) is 17.8 Å². The maximum absolute atomic E-state index is 13.9. The Balaban J connectivity index is 1.13. The van der Waals surface area contributed by atoms with E-state index in [0.29, 0.717) is 25.2 Å². The molecule has 3 aliphatic rings. The van der Waals surface area contributed by atoms with E-state index in [0.717, 1.165) is 83.1 Å². The number of piperidine rings is 1. The summed E-state index contributed by atoms with van der Waals surface area (Å²) < 4.78 is 32.3. The molecule has 2 aliphatic heterocycles. The van der Waals surface area contributed by atoms with Gasteiger partial charge in [-0.15, -0.1) is 0 Å². The maximum Gasteiger partial charge on any atom is 0.225 e. The van der Waals surface area contributed by atoms with E-state index in [2.05, 4.69) is 10.2 Å². The van der Waals surface area contributed by atoms with Crippen LogP contribution >= 0.6 is 0 Å². The van der Waals surface area contributed by atoms with Crippen LogP contribution in [0.3, 0.4) is 0 Å². The first-order valence-corrected chi connectivity index (χ1v) is 12.1. The number of Topliss-reactive ketones (excluding diaryl/α,β-unsaturated/α-hetero) is 1. The Morgan fingerprint density at radius 2 is 1.75 bits per heavy atom. The number of nitrogens with zero attached hydrogens (tertiary/aromatic N) is 1. The van der Waals surface area contributed by atoms with Crippen molar-refractivity contribution in [3.63, 3.8) is 0 Å². The van der Waals surface area contributed by atoms with Crippen molar-refractivity contribution in [3.8, 4) is 0 Å². The molecule has 2 heterocycles. The quantitative estimate of drug-likeness (QED) is 0.642. The summed E-state index contributed by atoms with van der Waals surface area (Å²) in [5, 5.41) is 3.21. The molecule has 7 heteroatoms. The summed E-state index contributed by atoms with van der Waals surface area (Å²) in [5.41, 5.74) is 0.00848. The summed E-state index contributed by atoms with van der Waals surface area (Å²) in [6, 6.07) is 3.49. The molecule has 1 N–H and O–H groups in total. The van der Waals surface area contributed by atoms with Gasteiger partial charge in [0.15, 0.2) is 5.78 Å². The molecule has 2 saturated heterocycles. The molecular formula is C25H34F2N2O3. The number of hydrogen-bond donors (Lipinski definition) is 1. The number of carbonyl (C=O) groups is 2. The second-order valence-electron chi connectivity index (χ2n) is 9.68. The van der Waals surface area contributed by atoms with Crippen molar-refractivity contribution in [2.75, 3.05) is 32.8 Å². The highest BCUT2D eigenvalue weighted by atomic mass is 19.1. The minimum Gasteiger partial charge on any atom is -0.381 e. The van der Waals surface area contributed by atoms with E-state index in [-0.39, 0.29) is 29.1 Å². The number of hydrogen-bond acceptors (Lipinski definition) is 4. The molecule has 0 bridgehead atoms. The monoisotopic (exact) mass is 448 g/mol. The van der Waals surface area contributed by atoms with Gasteiger partial charge in [-0.2, -0.15) is 0 Å². The molecule has 5 nitrogen and oxygen atoms in total. The first-order valence-electron chi connectivity index (χ1n) is 12.1. The lowest BCUT2D eigenvalue weighted by Crippen LogP contribution is -2.41. The highest BCUT2D eigenvalue weighted by molar-refractivity contribution is 5.98. The number of nitrogens with one attached hydrogen (secondary N) is 1. The Kier molecular flexibility index (Phi) is 7.89. The smallest absolute Gasteiger partial charge is 0.225 e. The standard InChI is InChI=1S/C25H34F2N2O3/c26-20-3-6-22(23(27)15-20)24(30)18-8-12-29(13-9-18)11-7-17-1-4-21(5-2-17)28-25(31)19-10-14-32-16-19/h3,6,15,17-19,21H,1-2,4-5,7-14,16H2,(H,28,31)/t17?,19-,21?/m0/s1. The van der Waals surface area contributed by atoms with Gasteiger partial charge in [-0.25, -0.2) is 8.78 Å². The molecule has 1 aliphatic carbocycles. The van der Waals surface area contributed by atoms with Crippen LogP contribution in [0.15, 0.2) is 18.2 Å². The topological polar surface area (TPSA) is 58.6 Å². The zero-order chi connectivity index (χ0) is 22.5. The molecule has 1 aromatic rings. The zero-order valence-corrected chi connectivity index (χ0v) is 18.7. The fraction of sp³-hybridized carbons (Fsp3) is 0.680.